The summed E-state index contributed by atoms with van der Waals surface area (Å²) in [4.78, 5) is 23.0. The van der Waals surface area contributed by atoms with E-state index in [1.807, 2.05) is 40.9 Å². The molecule has 0 saturated heterocycles. The lowest BCUT2D eigenvalue weighted by atomic mass is 10.1. The Hall–Kier alpha value is -3.69. The Bertz CT molecular complexity index is 1310. The largest absolute Gasteiger partial charge is 0.412 e. The number of imidazole rings is 2. The normalized spacial score (nSPS) is 10.9. The van der Waals surface area contributed by atoms with Crippen molar-refractivity contribution in [1.82, 2.24) is 19.4 Å². The fourth-order valence-corrected chi connectivity index (χ4v) is 4.16. The van der Waals surface area contributed by atoms with E-state index in [1.165, 1.54) is 12.1 Å². The average molecular weight is 419 g/mol. The Kier molecular flexibility index (Phi) is 5.21. The maximum Gasteiger partial charge on any atom is 0.269 e. The van der Waals surface area contributed by atoms with Crippen LogP contribution in [0.25, 0.3) is 27.9 Å². The number of fused-ring (bicyclic) bond motifs is 2. The van der Waals surface area contributed by atoms with Crippen molar-refractivity contribution in [2.75, 3.05) is 0 Å². The van der Waals surface area contributed by atoms with E-state index in [0.29, 0.717) is 0 Å². The summed E-state index contributed by atoms with van der Waals surface area (Å²) in [5.74, 6) is 0.723. The number of hydrogen-bond donors (Lipinski definition) is 1. The maximum atomic E-state index is 10.9. The van der Waals surface area contributed by atoms with E-state index in [2.05, 4.69) is 21.0 Å². The number of pyridine rings is 1. The van der Waals surface area contributed by atoms with Crippen molar-refractivity contribution in [3.63, 3.8) is 0 Å². The van der Waals surface area contributed by atoms with Crippen LogP contribution in [-0.2, 0) is 5.75 Å². The van der Waals surface area contributed by atoms with Crippen molar-refractivity contribution in [3.8, 4) is 11.3 Å². The predicted molar refractivity (Wildman–Crippen MR) is 117 cm³/mol. The first-order chi connectivity index (χ1) is 14.2. The van der Waals surface area contributed by atoms with E-state index < -0.39 is 4.92 Å². The van der Waals surface area contributed by atoms with Gasteiger partial charge in [-0.05, 0) is 30.3 Å². The van der Waals surface area contributed by atoms with Gasteiger partial charge in [0.15, 0.2) is 5.16 Å². The number of nitro benzene ring substituents is 1. The van der Waals surface area contributed by atoms with Crippen LogP contribution < -0.4 is 0 Å². The zero-order valence-electron chi connectivity index (χ0n) is 15.6. The summed E-state index contributed by atoms with van der Waals surface area (Å²) in [6, 6.07) is 18.5. The molecule has 3 N–H and O–H groups in total. The minimum atomic E-state index is -0.397. The highest BCUT2D eigenvalue weighted by atomic mass is 32.2. The number of nitrogens with zero attached hydrogens (tertiary/aromatic N) is 4. The quantitative estimate of drug-likeness (QED) is 0.259. The van der Waals surface area contributed by atoms with E-state index in [-0.39, 0.29) is 11.2 Å². The molecular formula is C21H17N5O3S. The Balaban J connectivity index is 0.00000218. The van der Waals surface area contributed by atoms with E-state index in [1.54, 1.807) is 30.1 Å². The summed E-state index contributed by atoms with van der Waals surface area (Å²) in [5.41, 5.74) is 5.78. The Morgan fingerprint density at radius 2 is 1.87 bits per heavy atom. The molecule has 0 saturated carbocycles. The van der Waals surface area contributed by atoms with Crippen LogP contribution in [0.1, 0.15) is 5.56 Å². The number of H-pyrrole nitrogens is 1. The predicted octanol–water partition coefficient (Wildman–Crippen LogP) is 4.25. The molecule has 0 aliphatic heterocycles. The lowest BCUT2D eigenvalue weighted by molar-refractivity contribution is -0.384. The number of hydrogen-bond acceptors (Lipinski definition) is 5. The van der Waals surface area contributed by atoms with Crippen LogP contribution >= 0.6 is 11.8 Å². The third kappa shape index (κ3) is 3.51. The Labute approximate surface area is 175 Å². The summed E-state index contributed by atoms with van der Waals surface area (Å²) >= 11 is 1.63. The van der Waals surface area contributed by atoms with Gasteiger partial charge < -0.3 is 10.5 Å². The number of aromatic amines is 1. The molecule has 0 atom stereocenters. The average Bonchev–Trinajstić information content (AvgIpc) is 3.36. The number of nitrogens with one attached hydrogen (secondary N) is 1. The van der Waals surface area contributed by atoms with Gasteiger partial charge in [-0.2, -0.15) is 0 Å². The topological polar surface area (TPSA) is 121 Å². The zero-order chi connectivity index (χ0) is 19.8. The van der Waals surface area contributed by atoms with Gasteiger partial charge in [-0.1, -0.05) is 30.0 Å². The van der Waals surface area contributed by atoms with Gasteiger partial charge in [0.25, 0.3) is 5.69 Å². The molecule has 0 radical (unpaired) electrons. The van der Waals surface area contributed by atoms with Crippen LogP contribution in [0.4, 0.5) is 5.69 Å². The molecule has 0 aliphatic rings. The van der Waals surface area contributed by atoms with Crippen molar-refractivity contribution in [1.29, 1.82) is 0 Å². The number of nitro groups is 1. The number of thioether (sulfide) groups is 1. The standard InChI is InChI=1S/C21H15N5O2S.H2O/c27-26(28)16-9-7-14(8-10-16)19-12-22-20-15(4-3-11-25(19)20)13-29-21-23-17-5-1-2-6-18(17)24-21;/h1-12H,13H2,(H,23,24);1H2. The molecule has 3 heterocycles. The zero-order valence-corrected chi connectivity index (χ0v) is 16.5. The third-order valence-electron chi connectivity index (χ3n) is 4.72. The molecule has 3 aromatic heterocycles. The van der Waals surface area contributed by atoms with Gasteiger partial charge in [-0.3, -0.25) is 14.5 Å². The molecule has 30 heavy (non-hydrogen) atoms. The van der Waals surface area contributed by atoms with E-state index in [4.69, 9.17) is 0 Å². The summed E-state index contributed by atoms with van der Waals surface area (Å²) in [6.45, 7) is 0. The van der Waals surface area contributed by atoms with E-state index >= 15 is 0 Å². The molecule has 2 aromatic carbocycles. The van der Waals surface area contributed by atoms with Crippen LogP contribution in [0.2, 0.25) is 0 Å². The second kappa shape index (κ2) is 7.97. The Morgan fingerprint density at radius 1 is 1.07 bits per heavy atom. The molecule has 0 spiro atoms. The molecule has 0 aliphatic carbocycles. The van der Waals surface area contributed by atoms with Gasteiger partial charge >= 0.3 is 0 Å². The molecular weight excluding hydrogens is 402 g/mol. The lowest BCUT2D eigenvalue weighted by Crippen LogP contribution is -1.93. The Morgan fingerprint density at radius 3 is 2.63 bits per heavy atom. The van der Waals surface area contributed by atoms with Crippen LogP contribution in [0.15, 0.2) is 78.2 Å². The number of non-ortho nitro benzene ring substituents is 1. The number of rotatable bonds is 5. The SMILES string of the molecule is O.O=[N+]([O-])c1ccc(-c2cnc3c(CSc4nc5ccccc5[nH]4)cccn23)cc1. The van der Waals surface area contributed by atoms with Crippen LogP contribution in [-0.4, -0.2) is 29.8 Å². The molecule has 0 bridgehead atoms. The maximum absolute atomic E-state index is 10.9. The minimum Gasteiger partial charge on any atom is -0.412 e. The summed E-state index contributed by atoms with van der Waals surface area (Å²) in [5, 5.41) is 11.8. The fourth-order valence-electron chi connectivity index (χ4n) is 3.29. The summed E-state index contributed by atoms with van der Waals surface area (Å²) in [7, 11) is 0. The molecule has 5 aromatic rings. The molecule has 0 fully saturated rings. The van der Waals surface area contributed by atoms with Gasteiger partial charge in [0.1, 0.15) is 5.65 Å². The van der Waals surface area contributed by atoms with Crippen molar-refractivity contribution in [3.05, 3.63) is 88.7 Å². The van der Waals surface area contributed by atoms with Crippen LogP contribution in [0.3, 0.4) is 0 Å². The van der Waals surface area contributed by atoms with Gasteiger partial charge in [0.05, 0.1) is 27.8 Å². The van der Waals surface area contributed by atoms with Crippen molar-refractivity contribution < 1.29 is 10.4 Å². The van der Waals surface area contributed by atoms with Gasteiger partial charge in [0.2, 0.25) is 0 Å². The molecule has 5 rings (SSSR count). The fraction of sp³-hybridized carbons (Fsp3) is 0.0476. The van der Waals surface area contributed by atoms with Gasteiger partial charge in [-0.15, -0.1) is 0 Å². The van der Waals surface area contributed by atoms with E-state index in [0.717, 1.165) is 44.4 Å². The highest BCUT2D eigenvalue weighted by Crippen LogP contribution is 2.28. The van der Waals surface area contributed by atoms with E-state index in [9.17, 15) is 10.1 Å². The summed E-state index contributed by atoms with van der Waals surface area (Å²) in [6.07, 6.45) is 3.75. The highest BCUT2D eigenvalue weighted by molar-refractivity contribution is 7.98. The van der Waals surface area contributed by atoms with Crippen molar-refractivity contribution in [2.45, 2.75) is 10.9 Å². The number of benzene rings is 2. The molecule has 8 nitrogen and oxygen atoms in total. The lowest BCUT2D eigenvalue weighted by Gasteiger charge is -2.05. The molecule has 9 heteroatoms. The van der Waals surface area contributed by atoms with Gasteiger partial charge in [-0.25, -0.2) is 9.97 Å². The molecule has 0 amide bonds. The third-order valence-corrected chi connectivity index (χ3v) is 5.64. The minimum absolute atomic E-state index is 0. The number of para-hydroxylation sites is 2. The molecule has 0 unspecified atom stereocenters. The van der Waals surface area contributed by atoms with Gasteiger partial charge in [0, 0.05) is 35.2 Å². The number of aromatic nitrogens is 4. The smallest absolute Gasteiger partial charge is 0.269 e. The second-order valence-electron chi connectivity index (χ2n) is 6.52. The van der Waals surface area contributed by atoms with Crippen molar-refractivity contribution in [2.24, 2.45) is 0 Å². The first-order valence-corrected chi connectivity index (χ1v) is 9.95. The first-order valence-electron chi connectivity index (χ1n) is 8.96. The van der Waals surface area contributed by atoms with Crippen LogP contribution in [0.5, 0.6) is 0 Å². The molecule has 150 valence electrons. The monoisotopic (exact) mass is 419 g/mol. The van der Waals surface area contributed by atoms with Crippen LogP contribution in [0, 0.1) is 10.1 Å². The summed E-state index contributed by atoms with van der Waals surface area (Å²) < 4.78 is 2.01. The highest BCUT2D eigenvalue weighted by Gasteiger charge is 2.12. The first kappa shape index (κ1) is 19.6. The van der Waals surface area contributed by atoms with Crippen molar-refractivity contribution >= 4 is 34.1 Å². The second-order valence-corrected chi connectivity index (χ2v) is 7.49.